The zero-order chi connectivity index (χ0) is 11.5. The van der Waals surface area contributed by atoms with Crippen molar-refractivity contribution in [2.75, 3.05) is 0 Å². The summed E-state index contributed by atoms with van der Waals surface area (Å²) in [6.07, 6.45) is -5.25. The topological polar surface area (TPSA) is 20.2 Å². The summed E-state index contributed by atoms with van der Waals surface area (Å²) in [6.45, 7) is 0. The highest BCUT2D eigenvalue weighted by Gasteiger charge is 2.26. The van der Waals surface area contributed by atoms with E-state index in [4.69, 9.17) is 5.11 Å². The second-order valence-corrected chi connectivity index (χ2v) is 3.24. The Morgan fingerprint density at radius 1 is 1.20 bits per heavy atom. The van der Waals surface area contributed by atoms with Gasteiger partial charge in [0.05, 0.1) is 0 Å². The summed E-state index contributed by atoms with van der Waals surface area (Å²) >= 11 is 0. The fourth-order valence-electron chi connectivity index (χ4n) is 1.22. The molecule has 0 aliphatic carbocycles. The molecule has 0 aromatic heterocycles. The molecule has 0 unspecified atom stereocenters. The first-order valence-corrected chi connectivity index (χ1v) is 4.42. The SMILES string of the molecule is Oc1ccc(CCCC(F)(F)F)c(F)c1. The highest BCUT2D eigenvalue weighted by atomic mass is 19.4. The van der Waals surface area contributed by atoms with E-state index >= 15 is 0 Å². The molecule has 84 valence electrons. The molecule has 0 saturated heterocycles. The Hall–Kier alpha value is -1.26. The molecule has 0 radical (unpaired) electrons. The monoisotopic (exact) mass is 222 g/mol. The van der Waals surface area contributed by atoms with Crippen molar-refractivity contribution >= 4 is 0 Å². The first kappa shape index (κ1) is 11.8. The van der Waals surface area contributed by atoms with Crippen LogP contribution in [0.2, 0.25) is 0 Å². The van der Waals surface area contributed by atoms with Crippen LogP contribution in [0.3, 0.4) is 0 Å². The van der Waals surface area contributed by atoms with E-state index in [0.29, 0.717) is 0 Å². The fraction of sp³-hybridized carbons (Fsp3) is 0.400. The molecule has 1 N–H and O–H groups in total. The van der Waals surface area contributed by atoms with Crippen LogP contribution in [0.4, 0.5) is 17.6 Å². The van der Waals surface area contributed by atoms with Crippen molar-refractivity contribution in [3.8, 4) is 5.75 Å². The molecule has 1 aromatic carbocycles. The lowest BCUT2D eigenvalue weighted by Gasteiger charge is -2.06. The number of aromatic hydroxyl groups is 1. The Kier molecular flexibility index (Phi) is 3.55. The molecule has 0 aliphatic rings. The molecule has 5 heteroatoms. The number of phenolic OH excluding ortho intramolecular Hbond substituents is 1. The standard InChI is InChI=1S/C10H10F4O/c11-9-6-8(15)4-3-7(9)2-1-5-10(12,13)14/h3-4,6,15H,1-2,5H2. The number of hydrogen-bond donors (Lipinski definition) is 1. The van der Waals surface area contributed by atoms with Gasteiger partial charge in [-0.2, -0.15) is 13.2 Å². The first-order chi connectivity index (χ1) is 6.88. The van der Waals surface area contributed by atoms with Gasteiger partial charge >= 0.3 is 6.18 Å². The van der Waals surface area contributed by atoms with Crippen molar-refractivity contribution in [1.29, 1.82) is 0 Å². The lowest BCUT2D eigenvalue weighted by Crippen LogP contribution is -2.07. The Balaban J connectivity index is 2.51. The van der Waals surface area contributed by atoms with Crippen LogP contribution in [0.15, 0.2) is 18.2 Å². The molecule has 0 amide bonds. The van der Waals surface area contributed by atoms with Crippen LogP contribution in [-0.4, -0.2) is 11.3 Å². The maximum absolute atomic E-state index is 13.0. The molecule has 1 rings (SSSR count). The van der Waals surface area contributed by atoms with E-state index in [9.17, 15) is 17.6 Å². The summed E-state index contributed by atoms with van der Waals surface area (Å²) in [5, 5.41) is 8.87. The molecule has 0 heterocycles. The van der Waals surface area contributed by atoms with Crippen molar-refractivity contribution in [2.45, 2.75) is 25.4 Å². The van der Waals surface area contributed by atoms with Gasteiger partial charge in [0, 0.05) is 12.5 Å². The molecule has 0 fully saturated rings. The van der Waals surface area contributed by atoms with Gasteiger partial charge in [0.15, 0.2) is 0 Å². The van der Waals surface area contributed by atoms with Crippen molar-refractivity contribution in [1.82, 2.24) is 0 Å². The molecule has 1 aromatic rings. The van der Waals surface area contributed by atoms with Crippen LogP contribution in [0.25, 0.3) is 0 Å². The van der Waals surface area contributed by atoms with Gasteiger partial charge < -0.3 is 5.11 Å². The third-order valence-electron chi connectivity index (χ3n) is 1.94. The van der Waals surface area contributed by atoms with Crippen LogP contribution in [0.1, 0.15) is 18.4 Å². The van der Waals surface area contributed by atoms with Crippen molar-refractivity contribution < 1.29 is 22.7 Å². The number of halogens is 4. The van der Waals surface area contributed by atoms with E-state index < -0.39 is 18.4 Å². The summed E-state index contributed by atoms with van der Waals surface area (Å²) in [7, 11) is 0. The number of aryl methyl sites for hydroxylation is 1. The van der Waals surface area contributed by atoms with Crippen molar-refractivity contribution in [2.24, 2.45) is 0 Å². The smallest absolute Gasteiger partial charge is 0.389 e. The quantitative estimate of drug-likeness (QED) is 0.777. The number of rotatable bonds is 3. The lowest BCUT2D eigenvalue weighted by molar-refractivity contribution is -0.135. The molecule has 0 atom stereocenters. The fourth-order valence-corrected chi connectivity index (χ4v) is 1.22. The van der Waals surface area contributed by atoms with E-state index in [1.54, 1.807) is 0 Å². The Labute approximate surface area is 84.3 Å². The van der Waals surface area contributed by atoms with Gasteiger partial charge in [-0.05, 0) is 24.5 Å². The summed E-state index contributed by atoms with van der Waals surface area (Å²) < 4.78 is 48.4. The Morgan fingerprint density at radius 3 is 2.40 bits per heavy atom. The normalized spacial score (nSPS) is 11.7. The predicted molar refractivity (Wildman–Crippen MR) is 47.1 cm³/mol. The van der Waals surface area contributed by atoms with Gasteiger partial charge in [0.1, 0.15) is 11.6 Å². The Bertz CT molecular complexity index is 333. The van der Waals surface area contributed by atoms with E-state index in [-0.39, 0.29) is 24.2 Å². The van der Waals surface area contributed by atoms with Crippen molar-refractivity contribution in [3.05, 3.63) is 29.6 Å². The summed E-state index contributed by atoms with van der Waals surface area (Å²) in [5.74, 6) is -0.899. The molecule has 0 bridgehead atoms. The maximum Gasteiger partial charge on any atom is 0.389 e. The third-order valence-corrected chi connectivity index (χ3v) is 1.94. The second kappa shape index (κ2) is 4.51. The van der Waals surface area contributed by atoms with E-state index in [2.05, 4.69) is 0 Å². The average molecular weight is 222 g/mol. The van der Waals surface area contributed by atoms with Crippen LogP contribution >= 0.6 is 0 Å². The van der Waals surface area contributed by atoms with Crippen LogP contribution in [-0.2, 0) is 6.42 Å². The zero-order valence-corrected chi connectivity index (χ0v) is 7.81. The van der Waals surface area contributed by atoms with Crippen LogP contribution < -0.4 is 0 Å². The van der Waals surface area contributed by atoms with Gasteiger partial charge in [-0.15, -0.1) is 0 Å². The van der Waals surface area contributed by atoms with E-state index in [1.165, 1.54) is 12.1 Å². The molecule has 0 aliphatic heterocycles. The predicted octanol–water partition coefficient (Wildman–Crippen LogP) is 3.42. The first-order valence-electron chi connectivity index (χ1n) is 4.42. The summed E-state index contributed by atoms with van der Waals surface area (Å²) in [4.78, 5) is 0. The number of phenols is 1. The highest BCUT2D eigenvalue weighted by molar-refractivity contribution is 5.27. The minimum atomic E-state index is -4.20. The number of hydrogen-bond acceptors (Lipinski definition) is 1. The highest BCUT2D eigenvalue weighted by Crippen LogP contribution is 2.23. The summed E-state index contributed by atoms with van der Waals surface area (Å²) in [5.41, 5.74) is 0.192. The largest absolute Gasteiger partial charge is 0.508 e. The average Bonchev–Trinajstić information content (AvgIpc) is 2.07. The Morgan fingerprint density at radius 2 is 1.87 bits per heavy atom. The molecular formula is C10H10F4O. The maximum atomic E-state index is 13.0. The van der Waals surface area contributed by atoms with Crippen LogP contribution in [0, 0.1) is 5.82 Å². The minimum Gasteiger partial charge on any atom is -0.508 e. The number of benzene rings is 1. The van der Waals surface area contributed by atoms with Gasteiger partial charge in [-0.25, -0.2) is 4.39 Å². The molecule has 15 heavy (non-hydrogen) atoms. The molecule has 1 nitrogen and oxygen atoms in total. The molecule has 0 saturated carbocycles. The molecule has 0 spiro atoms. The second-order valence-electron chi connectivity index (χ2n) is 3.24. The molecular weight excluding hydrogens is 212 g/mol. The van der Waals surface area contributed by atoms with E-state index in [0.717, 1.165) is 6.07 Å². The van der Waals surface area contributed by atoms with E-state index in [1.807, 2.05) is 0 Å². The summed E-state index contributed by atoms with van der Waals surface area (Å²) in [6, 6.07) is 3.44. The van der Waals surface area contributed by atoms with Gasteiger partial charge in [0.2, 0.25) is 0 Å². The lowest BCUT2D eigenvalue weighted by atomic mass is 10.1. The van der Waals surface area contributed by atoms with Gasteiger partial charge in [0.25, 0.3) is 0 Å². The minimum absolute atomic E-state index is 0.0195. The van der Waals surface area contributed by atoms with Crippen LogP contribution in [0.5, 0.6) is 5.75 Å². The van der Waals surface area contributed by atoms with Gasteiger partial charge in [-0.1, -0.05) is 6.07 Å². The third kappa shape index (κ3) is 4.18. The van der Waals surface area contributed by atoms with Crippen molar-refractivity contribution in [3.63, 3.8) is 0 Å². The number of alkyl halides is 3. The zero-order valence-electron chi connectivity index (χ0n) is 7.81. The van der Waals surface area contributed by atoms with Gasteiger partial charge in [-0.3, -0.25) is 0 Å².